The van der Waals surface area contributed by atoms with Gasteiger partial charge in [-0.05, 0) is 35.7 Å². The Morgan fingerprint density at radius 2 is 1.96 bits per heavy atom. The molecular weight excluding hydrogens is 384 g/mol. The number of para-hydroxylation sites is 1. The SMILES string of the molecule is CCc1ccccc1NC(=O)Cc1csc(SCc2ccc(Cl)cc2)n1. The largest absolute Gasteiger partial charge is 0.325 e. The Morgan fingerprint density at radius 3 is 2.73 bits per heavy atom. The molecule has 0 radical (unpaired) electrons. The predicted molar refractivity (Wildman–Crippen MR) is 111 cm³/mol. The van der Waals surface area contributed by atoms with Gasteiger partial charge in [-0.2, -0.15) is 0 Å². The van der Waals surface area contributed by atoms with Crippen molar-refractivity contribution >= 4 is 46.3 Å². The number of anilines is 1. The summed E-state index contributed by atoms with van der Waals surface area (Å²) in [5.41, 5.74) is 4.02. The van der Waals surface area contributed by atoms with Gasteiger partial charge in [0.15, 0.2) is 0 Å². The van der Waals surface area contributed by atoms with Crippen LogP contribution in [0.4, 0.5) is 5.69 Å². The van der Waals surface area contributed by atoms with E-state index in [0.29, 0.717) is 0 Å². The number of hydrogen-bond acceptors (Lipinski definition) is 4. The lowest BCUT2D eigenvalue weighted by Gasteiger charge is -2.08. The minimum atomic E-state index is -0.0366. The van der Waals surface area contributed by atoms with Gasteiger partial charge in [0.25, 0.3) is 0 Å². The maximum absolute atomic E-state index is 12.3. The van der Waals surface area contributed by atoms with Crippen LogP contribution >= 0.6 is 34.7 Å². The third-order valence-electron chi connectivity index (χ3n) is 3.82. The van der Waals surface area contributed by atoms with Gasteiger partial charge in [0.2, 0.25) is 5.91 Å². The van der Waals surface area contributed by atoms with Gasteiger partial charge in [-0.25, -0.2) is 4.98 Å². The third-order valence-corrected chi connectivity index (χ3v) is 6.21. The number of aryl methyl sites for hydroxylation is 1. The summed E-state index contributed by atoms with van der Waals surface area (Å²) in [5, 5.41) is 5.68. The smallest absolute Gasteiger partial charge is 0.230 e. The Bertz CT molecular complexity index is 878. The first-order valence-electron chi connectivity index (χ1n) is 8.33. The van der Waals surface area contributed by atoms with E-state index in [1.165, 1.54) is 5.56 Å². The number of nitrogens with one attached hydrogen (secondary N) is 1. The van der Waals surface area contributed by atoms with E-state index in [4.69, 9.17) is 11.6 Å². The Balaban J connectivity index is 1.54. The van der Waals surface area contributed by atoms with Crippen LogP contribution in [-0.2, 0) is 23.4 Å². The zero-order valence-electron chi connectivity index (χ0n) is 14.4. The summed E-state index contributed by atoms with van der Waals surface area (Å²) < 4.78 is 0.969. The topological polar surface area (TPSA) is 42.0 Å². The molecule has 2 aromatic carbocycles. The molecule has 0 atom stereocenters. The molecule has 0 spiro atoms. The molecule has 1 amide bonds. The maximum atomic E-state index is 12.3. The van der Waals surface area contributed by atoms with E-state index >= 15 is 0 Å². The van der Waals surface area contributed by atoms with Crippen LogP contribution in [0.1, 0.15) is 23.7 Å². The van der Waals surface area contributed by atoms with Crippen LogP contribution in [-0.4, -0.2) is 10.9 Å². The molecule has 6 heteroatoms. The molecule has 26 heavy (non-hydrogen) atoms. The van der Waals surface area contributed by atoms with Crippen molar-refractivity contribution < 1.29 is 4.79 Å². The molecule has 0 aliphatic rings. The van der Waals surface area contributed by atoms with E-state index < -0.39 is 0 Å². The van der Waals surface area contributed by atoms with Crippen molar-refractivity contribution in [3.63, 3.8) is 0 Å². The average molecular weight is 403 g/mol. The van der Waals surface area contributed by atoms with Gasteiger partial charge in [0.1, 0.15) is 4.34 Å². The second-order valence-corrected chi connectivity index (χ2v) is 8.27. The van der Waals surface area contributed by atoms with Gasteiger partial charge in [0, 0.05) is 21.8 Å². The van der Waals surface area contributed by atoms with Crippen LogP contribution in [0.5, 0.6) is 0 Å². The van der Waals surface area contributed by atoms with Crippen LogP contribution in [0.2, 0.25) is 5.02 Å². The summed E-state index contributed by atoms with van der Waals surface area (Å²) in [6.45, 7) is 2.08. The molecule has 1 aromatic heterocycles. The van der Waals surface area contributed by atoms with Crippen LogP contribution in [0.15, 0.2) is 58.3 Å². The van der Waals surface area contributed by atoms with Crippen LogP contribution in [0.3, 0.4) is 0 Å². The molecule has 1 heterocycles. The van der Waals surface area contributed by atoms with Gasteiger partial charge in [-0.3, -0.25) is 4.79 Å². The van der Waals surface area contributed by atoms with Gasteiger partial charge < -0.3 is 5.32 Å². The van der Waals surface area contributed by atoms with E-state index in [-0.39, 0.29) is 12.3 Å². The first-order valence-corrected chi connectivity index (χ1v) is 10.6. The standard InChI is InChI=1S/C20H19ClN2OS2/c1-2-15-5-3-4-6-18(15)23-19(24)11-17-13-26-20(22-17)25-12-14-7-9-16(21)10-8-14/h3-10,13H,2,11-12H2,1H3,(H,23,24). The number of thioether (sulfide) groups is 1. The van der Waals surface area contributed by atoms with E-state index in [0.717, 1.165) is 38.5 Å². The zero-order valence-corrected chi connectivity index (χ0v) is 16.8. The van der Waals surface area contributed by atoms with Crippen LogP contribution in [0.25, 0.3) is 0 Å². The fraction of sp³-hybridized carbons (Fsp3) is 0.200. The minimum absolute atomic E-state index is 0.0366. The first kappa shape index (κ1) is 19.0. The Labute approximate surface area is 166 Å². The summed E-state index contributed by atoms with van der Waals surface area (Å²) in [5.74, 6) is 0.797. The first-order chi connectivity index (χ1) is 12.6. The van der Waals surface area contributed by atoms with E-state index in [1.54, 1.807) is 23.1 Å². The molecule has 3 nitrogen and oxygen atoms in total. The van der Waals surface area contributed by atoms with Crippen molar-refractivity contribution in [3.8, 4) is 0 Å². The predicted octanol–water partition coefficient (Wildman–Crippen LogP) is 5.83. The summed E-state index contributed by atoms with van der Waals surface area (Å²) in [6.07, 6.45) is 1.18. The second kappa shape index (κ2) is 9.21. The molecule has 0 fully saturated rings. The normalized spacial score (nSPS) is 10.7. The van der Waals surface area contributed by atoms with Gasteiger partial charge in [-0.15, -0.1) is 11.3 Å². The molecule has 134 valence electrons. The van der Waals surface area contributed by atoms with Crippen molar-refractivity contribution in [3.05, 3.63) is 75.8 Å². The van der Waals surface area contributed by atoms with Gasteiger partial charge >= 0.3 is 0 Å². The fourth-order valence-electron chi connectivity index (χ4n) is 2.47. The number of hydrogen-bond donors (Lipinski definition) is 1. The minimum Gasteiger partial charge on any atom is -0.325 e. The molecule has 0 saturated carbocycles. The molecule has 3 rings (SSSR count). The van der Waals surface area contributed by atoms with Crippen LogP contribution in [0, 0.1) is 0 Å². The van der Waals surface area contributed by atoms with Gasteiger partial charge in [-0.1, -0.05) is 60.6 Å². The molecule has 0 aliphatic carbocycles. The lowest BCUT2D eigenvalue weighted by Crippen LogP contribution is -2.15. The summed E-state index contributed by atoms with van der Waals surface area (Å²) in [4.78, 5) is 16.9. The van der Waals surface area contributed by atoms with Crippen LogP contribution < -0.4 is 5.32 Å². The highest BCUT2D eigenvalue weighted by Crippen LogP contribution is 2.27. The Kier molecular flexibility index (Phi) is 6.72. The number of thiazole rings is 1. The number of carbonyl (C=O) groups excluding carboxylic acids is 1. The molecule has 0 saturated heterocycles. The highest BCUT2D eigenvalue weighted by atomic mass is 35.5. The fourth-order valence-corrected chi connectivity index (χ4v) is 4.40. The highest BCUT2D eigenvalue weighted by molar-refractivity contribution is 8.00. The van der Waals surface area contributed by atoms with Crippen molar-refractivity contribution in [2.24, 2.45) is 0 Å². The van der Waals surface area contributed by atoms with Gasteiger partial charge in [0.05, 0.1) is 12.1 Å². The average Bonchev–Trinajstić information content (AvgIpc) is 3.09. The quantitative estimate of drug-likeness (QED) is 0.505. The summed E-state index contributed by atoms with van der Waals surface area (Å²) in [6, 6.07) is 15.7. The second-order valence-electron chi connectivity index (χ2n) is 5.76. The number of nitrogens with zero attached hydrogens (tertiary/aromatic N) is 1. The van der Waals surface area contributed by atoms with Crippen molar-refractivity contribution in [1.82, 2.24) is 4.98 Å². The number of benzene rings is 2. The maximum Gasteiger partial charge on any atom is 0.230 e. The van der Waals surface area contributed by atoms with E-state index in [2.05, 4.69) is 17.2 Å². The van der Waals surface area contributed by atoms with Crippen molar-refractivity contribution in [2.75, 3.05) is 5.32 Å². The number of halogens is 1. The lowest BCUT2D eigenvalue weighted by atomic mass is 10.1. The Hall–Kier alpha value is -1.82. The zero-order chi connectivity index (χ0) is 18.4. The van der Waals surface area contributed by atoms with E-state index in [9.17, 15) is 4.79 Å². The van der Waals surface area contributed by atoms with Crippen molar-refractivity contribution in [2.45, 2.75) is 29.9 Å². The lowest BCUT2D eigenvalue weighted by molar-refractivity contribution is -0.115. The third kappa shape index (κ3) is 5.34. The molecular formula is C20H19ClN2OS2. The number of rotatable bonds is 7. The van der Waals surface area contributed by atoms with Crippen molar-refractivity contribution in [1.29, 1.82) is 0 Å². The van der Waals surface area contributed by atoms with E-state index in [1.807, 2.05) is 53.9 Å². The highest BCUT2D eigenvalue weighted by Gasteiger charge is 2.10. The molecule has 0 unspecified atom stereocenters. The number of aromatic nitrogens is 1. The molecule has 1 N–H and O–H groups in total. The number of carbonyl (C=O) groups is 1. The molecule has 3 aromatic rings. The summed E-state index contributed by atoms with van der Waals surface area (Å²) in [7, 11) is 0. The Morgan fingerprint density at radius 1 is 1.19 bits per heavy atom. The molecule has 0 bridgehead atoms. The monoisotopic (exact) mass is 402 g/mol. The number of amides is 1. The summed E-state index contributed by atoms with van der Waals surface area (Å²) >= 11 is 9.15. The molecule has 0 aliphatic heterocycles.